The standard InChI is InChI=1S/C18H16N2OS/c1-13-8-10-16(11-9-13)20-14(2)12-22-18(20)19-17(21)15-6-4-3-5-7-15/h3-12H,1-2H3. The molecule has 3 aromatic rings. The fourth-order valence-electron chi connectivity index (χ4n) is 2.21. The van der Waals surface area contributed by atoms with Crippen molar-refractivity contribution < 1.29 is 4.79 Å². The van der Waals surface area contributed by atoms with Crippen molar-refractivity contribution in [2.24, 2.45) is 4.99 Å². The molecule has 1 amide bonds. The summed E-state index contributed by atoms with van der Waals surface area (Å²) in [4.78, 5) is 17.3. The number of hydrogen-bond donors (Lipinski definition) is 0. The average Bonchev–Trinajstić information content (AvgIpc) is 2.90. The molecule has 110 valence electrons. The second kappa shape index (κ2) is 6.12. The summed E-state index contributed by atoms with van der Waals surface area (Å²) in [5.74, 6) is -0.219. The van der Waals surface area contributed by atoms with E-state index in [9.17, 15) is 4.79 Å². The Bertz CT molecular complexity index is 858. The predicted molar refractivity (Wildman–Crippen MR) is 89.5 cm³/mol. The number of carbonyl (C=O) groups excluding carboxylic acids is 1. The largest absolute Gasteiger partial charge is 0.290 e. The first-order chi connectivity index (χ1) is 10.6. The summed E-state index contributed by atoms with van der Waals surface area (Å²) >= 11 is 1.47. The summed E-state index contributed by atoms with van der Waals surface area (Å²) in [6.07, 6.45) is 0. The van der Waals surface area contributed by atoms with Crippen LogP contribution in [0.1, 0.15) is 21.6 Å². The Balaban J connectivity index is 2.07. The van der Waals surface area contributed by atoms with E-state index in [0.717, 1.165) is 11.4 Å². The molecule has 0 N–H and O–H groups in total. The van der Waals surface area contributed by atoms with Crippen LogP contribution in [-0.2, 0) is 0 Å². The summed E-state index contributed by atoms with van der Waals surface area (Å²) in [5.41, 5.74) is 3.89. The highest BCUT2D eigenvalue weighted by Gasteiger charge is 2.07. The maximum absolute atomic E-state index is 12.3. The molecule has 0 aliphatic carbocycles. The SMILES string of the molecule is Cc1ccc(-n2c(C)csc2=NC(=O)c2ccccc2)cc1. The number of aryl methyl sites for hydroxylation is 2. The van der Waals surface area contributed by atoms with Gasteiger partial charge in [-0.3, -0.25) is 9.36 Å². The molecule has 0 atom stereocenters. The van der Waals surface area contributed by atoms with Gasteiger partial charge in [0, 0.05) is 22.3 Å². The van der Waals surface area contributed by atoms with Crippen LogP contribution in [-0.4, -0.2) is 10.5 Å². The summed E-state index contributed by atoms with van der Waals surface area (Å²) in [5, 5.41) is 2.01. The van der Waals surface area contributed by atoms with Crippen molar-refractivity contribution in [3.63, 3.8) is 0 Å². The summed E-state index contributed by atoms with van der Waals surface area (Å²) in [6.45, 7) is 4.07. The van der Waals surface area contributed by atoms with Crippen LogP contribution in [0.25, 0.3) is 5.69 Å². The predicted octanol–water partition coefficient (Wildman–Crippen LogP) is 3.90. The first kappa shape index (κ1) is 14.5. The Morgan fingerprint density at radius 2 is 1.68 bits per heavy atom. The van der Waals surface area contributed by atoms with Gasteiger partial charge in [0.05, 0.1) is 0 Å². The molecule has 1 heterocycles. The minimum Gasteiger partial charge on any atom is -0.290 e. The Hall–Kier alpha value is -2.46. The molecule has 0 bridgehead atoms. The number of nitrogens with zero attached hydrogens (tertiary/aromatic N) is 2. The van der Waals surface area contributed by atoms with Crippen LogP contribution in [0, 0.1) is 13.8 Å². The van der Waals surface area contributed by atoms with E-state index >= 15 is 0 Å². The smallest absolute Gasteiger partial charge is 0.279 e. The van der Waals surface area contributed by atoms with E-state index in [2.05, 4.69) is 24.0 Å². The second-order valence-electron chi connectivity index (χ2n) is 5.11. The number of aromatic nitrogens is 1. The number of carbonyl (C=O) groups is 1. The van der Waals surface area contributed by atoms with E-state index < -0.39 is 0 Å². The molecule has 0 aliphatic heterocycles. The summed E-state index contributed by atoms with van der Waals surface area (Å²) < 4.78 is 2.00. The van der Waals surface area contributed by atoms with Crippen molar-refractivity contribution in [2.45, 2.75) is 13.8 Å². The monoisotopic (exact) mass is 308 g/mol. The highest BCUT2D eigenvalue weighted by atomic mass is 32.1. The van der Waals surface area contributed by atoms with Gasteiger partial charge in [-0.05, 0) is 38.1 Å². The van der Waals surface area contributed by atoms with Gasteiger partial charge < -0.3 is 0 Å². The van der Waals surface area contributed by atoms with Crippen molar-refractivity contribution in [1.82, 2.24) is 4.57 Å². The van der Waals surface area contributed by atoms with Crippen LogP contribution in [0.5, 0.6) is 0 Å². The lowest BCUT2D eigenvalue weighted by molar-refractivity contribution is 0.0998. The number of thiazole rings is 1. The van der Waals surface area contributed by atoms with Crippen molar-refractivity contribution in [3.8, 4) is 5.69 Å². The van der Waals surface area contributed by atoms with E-state index in [1.165, 1.54) is 16.9 Å². The van der Waals surface area contributed by atoms with Gasteiger partial charge in [0.1, 0.15) is 0 Å². The fourth-order valence-corrected chi connectivity index (χ4v) is 3.08. The summed E-state index contributed by atoms with van der Waals surface area (Å²) in [7, 11) is 0. The van der Waals surface area contributed by atoms with Crippen LogP contribution in [0.3, 0.4) is 0 Å². The van der Waals surface area contributed by atoms with Gasteiger partial charge in [-0.2, -0.15) is 4.99 Å². The second-order valence-corrected chi connectivity index (χ2v) is 5.95. The zero-order valence-corrected chi connectivity index (χ0v) is 13.3. The molecule has 2 aromatic carbocycles. The Morgan fingerprint density at radius 1 is 1.00 bits per heavy atom. The Morgan fingerprint density at radius 3 is 2.36 bits per heavy atom. The van der Waals surface area contributed by atoms with Gasteiger partial charge in [0.25, 0.3) is 5.91 Å². The molecule has 0 spiro atoms. The minimum atomic E-state index is -0.219. The maximum Gasteiger partial charge on any atom is 0.279 e. The van der Waals surface area contributed by atoms with Crippen LogP contribution >= 0.6 is 11.3 Å². The Kier molecular flexibility index (Phi) is 4.02. The summed E-state index contributed by atoms with van der Waals surface area (Å²) in [6, 6.07) is 17.3. The zero-order chi connectivity index (χ0) is 15.5. The lowest BCUT2D eigenvalue weighted by atomic mass is 10.2. The fraction of sp³-hybridized carbons (Fsp3) is 0.111. The topological polar surface area (TPSA) is 34.4 Å². The number of benzene rings is 2. The van der Waals surface area contributed by atoms with Gasteiger partial charge in [0.2, 0.25) is 0 Å². The van der Waals surface area contributed by atoms with Crippen molar-refractivity contribution in [3.05, 3.63) is 81.6 Å². The van der Waals surface area contributed by atoms with Crippen molar-refractivity contribution in [1.29, 1.82) is 0 Å². The molecule has 4 heteroatoms. The van der Waals surface area contributed by atoms with Crippen LogP contribution in [0.2, 0.25) is 0 Å². The lowest BCUT2D eigenvalue weighted by Crippen LogP contribution is -2.16. The van der Waals surface area contributed by atoms with Gasteiger partial charge in [-0.1, -0.05) is 35.9 Å². The van der Waals surface area contributed by atoms with Crippen LogP contribution < -0.4 is 4.80 Å². The minimum absolute atomic E-state index is 0.219. The van der Waals surface area contributed by atoms with E-state index in [-0.39, 0.29) is 5.91 Å². The first-order valence-corrected chi connectivity index (χ1v) is 7.91. The molecular weight excluding hydrogens is 292 g/mol. The molecular formula is C18H16N2OS. The molecule has 3 nitrogen and oxygen atoms in total. The van der Waals surface area contributed by atoms with Gasteiger partial charge in [-0.15, -0.1) is 11.3 Å². The number of amides is 1. The third kappa shape index (κ3) is 2.92. The van der Waals surface area contributed by atoms with E-state index in [0.29, 0.717) is 10.4 Å². The van der Waals surface area contributed by atoms with Gasteiger partial charge in [-0.25, -0.2) is 0 Å². The van der Waals surface area contributed by atoms with E-state index in [1.54, 1.807) is 12.1 Å². The average molecular weight is 308 g/mol. The van der Waals surface area contributed by atoms with E-state index in [4.69, 9.17) is 0 Å². The van der Waals surface area contributed by atoms with Gasteiger partial charge >= 0.3 is 0 Å². The van der Waals surface area contributed by atoms with Crippen LogP contribution in [0.15, 0.2) is 65.0 Å². The molecule has 0 fully saturated rings. The number of rotatable bonds is 2. The molecule has 0 radical (unpaired) electrons. The number of hydrogen-bond acceptors (Lipinski definition) is 2. The van der Waals surface area contributed by atoms with Crippen molar-refractivity contribution >= 4 is 17.2 Å². The molecule has 3 rings (SSSR count). The molecule has 22 heavy (non-hydrogen) atoms. The molecule has 0 aliphatic rings. The van der Waals surface area contributed by atoms with E-state index in [1.807, 2.05) is 47.2 Å². The normalized spacial score (nSPS) is 11.6. The Labute approximate surface area is 133 Å². The zero-order valence-electron chi connectivity index (χ0n) is 12.5. The first-order valence-electron chi connectivity index (χ1n) is 7.03. The van der Waals surface area contributed by atoms with Crippen LogP contribution in [0.4, 0.5) is 0 Å². The molecule has 0 saturated heterocycles. The highest BCUT2D eigenvalue weighted by molar-refractivity contribution is 7.07. The maximum atomic E-state index is 12.3. The van der Waals surface area contributed by atoms with Crippen molar-refractivity contribution in [2.75, 3.05) is 0 Å². The third-order valence-electron chi connectivity index (χ3n) is 3.39. The quantitative estimate of drug-likeness (QED) is 0.707. The van der Waals surface area contributed by atoms with Gasteiger partial charge in [0.15, 0.2) is 4.80 Å². The molecule has 0 saturated carbocycles. The molecule has 1 aromatic heterocycles. The molecule has 0 unspecified atom stereocenters. The lowest BCUT2D eigenvalue weighted by Gasteiger charge is -2.06. The highest BCUT2D eigenvalue weighted by Crippen LogP contribution is 2.12. The third-order valence-corrected chi connectivity index (χ3v) is 4.33.